The number of benzene rings is 2. The van der Waals surface area contributed by atoms with Crippen LogP contribution in [-0.2, 0) is 24.2 Å². The highest BCUT2D eigenvalue weighted by Gasteiger charge is 2.31. The first-order valence-electron chi connectivity index (χ1n) is 12.0. The molecule has 3 rings (SSSR count). The van der Waals surface area contributed by atoms with E-state index >= 15 is 0 Å². The van der Waals surface area contributed by atoms with Gasteiger partial charge in [-0.1, -0.05) is 60.7 Å². The molecule has 1 aliphatic carbocycles. The van der Waals surface area contributed by atoms with Gasteiger partial charge in [0.05, 0.1) is 13.0 Å². The fourth-order valence-corrected chi connectivity index (χ4v) is 4.56. The van der Waals surface area contributed by atoms with Gasteiger partial charge in [0.1, 0.15) is 5.82 Å². The highest BCUT2D eigenvalue weighted by molar-refractivity contribution is 5.27. The highest BCUT2D eigenvalue weighted by Crippen LogP contribution is 2.37. The molecule has 0 spiro atoms. The summed E-state index contributed by atoms with van der Waals surface area (Å²) in [7, 11) is 0. The molecule has 1 saturated carbocycles. The van der Waals surface area contributed by atoms with E-state index < -0.39 is 25.0 Å². The summed E-state index contributed by atoms with van der Waals surface area (Å²) < 4.78 is 48.3. The first kappa shape index (κ1) is 25.3. The van der Waals surface area contributed by atoms with Crippen LogP contribution in [0, 0.1) is 11.7 Å². The van der Waals surface area contributed by atoms with Gasteiger partial charge in [-0.2, -0.15) is 8.78 Å². The van der Waals surface area contributed by atoms with Crippen molar-refractivity contribution in [3.8, 4) is 0 Å². The van der Waals surface area contributed by atoms with Crippen LogP contribution in [0.1, 0.15) is 74.1 Å². The van der Waals surface area contributed by atoms with E-state index in [0.717, 1.165) is 49.7 Å². The number of alkyl halides is 2. The monoisotopic (exact) mass is 456 g/mol. The molecule has 1 fully saturated rings. The molecule has 0 heterocycles. The summed E-state index contributed by atoms with van der Waals surface area (Å²) in [5, 5.41) is 0. The molecule has 178 valence electrons. The lowest BCUT2D eigenvalue weighted by molar-refractivity contribution is -0.244. The minimum atomic E-state index is -3.36. The second kappa shape index (κ2) is 12.2. The SMILES string of the molecule is C/C=C/CCc1ccc(CC(F)(F)OCc2ccc(C3CCC(/C=C/C)CC3)cc2F)cc1. The number of hydrogen-bond acceptors (Lipinski definition) is 1. The predicted octanol–water partition coefficient (Wildman–Crippen LogP) is 8.54. The van der Waals surface area contributed by atoms with E-state index in [1.807, 2.05) is 38.1 Å². The molecule has 1 aliphatic rings. The summed E-state index contributed by atoms with van der Waals surface area (Å²) in [6.07, 6.45) is 10.6. The lowest BCUT2D eigenvalue weighted by Gasteiger charge is -2.27. The Hall–Kier alpha value is -2.33. The minimum Gasteiger partial charge on any atom is -0.315 e. The number of ether oxygens (including phenoxy) is 1. The quantitative estimate of drug-likeness (QED) is 0.326. The zero-order valence-corrected chi connectivity index (χ0v) is 19.7. The Balaban J connectivity index is 1.52. The van der Waals surface area contributed by atoms with Crippen LogP contribution in [0.3, 0.4) is 0 Å². The van der Waals surface area contributed by atoms with Crippen LogP contribution >= 0.6 is 0 Å². The van der Waals surface area contributed by atoms with Crippen molar-refractivity contribution in [1.82, 2.24) is 0 Å². The van der Waals surface area contributed by atoms with Crippen molar-refractivity contribution in [1.29, 1.82) is 0 Å². The van der Waals surface area contributed by atoms with Gasteiger partial charge in [-0.05, 0) is 87.0 Å². The lowest BCUT2D eigenvalue weighted by Crippen LogP contribution is -2.24. The van der Waals surface area contributed by atoms with Gasteiger partial charge in [0.25, 0.3) is 0 Å². The Kier molecular flexibility index (Phi) is 9.37. The molecule has 4 heteroatoms. The van der Waals surface area contributed by atoms with Crippen LogP contribution in [0.15, 0.2) is 66.8 Å². The van der Waals surface area contributed by atoms with Crippen molar-refractivity contribution in [2.45, 2.75) is 77.4 Å². The van der Waals surface area contributed by atoms with Crippen molar-refractivity contribution in [3.05, 3.63) is 94.8 Å². The molecule has 0 atom stereocenters. The summed E-state index contributed by atoms with van der Waals surface area (Å²) in [5.41, 5.74) is 2.73. The Morgan fingerprint density at radius 2 is 1.64 bits per heavy atom. The first-order chi connectivity index (χ1) is 15.9. The normalized spacial score (nSPS) is 19.5. The zero-order chi connectivity index (χ0) is 23.7. The summed E-state index contributed by atoms with van der Waals surface area (Å²) in [6, 6.07) is 12.1. The average Bonchev–Trinajstić information content (AvgIpc) is 2.80. The molecular weight excluding hydrogens is 421 g/mol. The fraction of sp³-hybridized carbons (Fsp3) is 0.448. The molecule has 0 saturated heterocycles. The Bertz CT molecular complexity index is 922. The molecule has 0 aliphatic heterocycles. The summed E-state index contributed by atoms with van der Waals surface area (Å²) >= 11 is 0. The van der Waals surface area contributed by atoms with Crippen molar-refractivity contribution in [2.75, 3.05) is 0 Å². The van der Waals surface area contributed by atoms with Gasteiger partial charge in [0, 0.05) is 5.56 Å². The number of hydrogen-bond donors (Lipinski definition) is 0. The zero-order valence-electron chi connectivity index (χ0n) is 19.7. The van der Waals surface area contributed by atoms with Crippen LogP contribution in [0.25, 0.3) is 0 Å². The van der Waals surface area contributed by atoms with Crippen LogP contribution in [0.5, 0.6) is 0 Å². The Morgan fingerprint density at radius 3 is 2.27 bits per heavy atom. The molecule has 33 heavy (non-hydrogen) atoms. The fourth-order valence-electron chi connectivity index (χ4n) is 4.56. The summed E-state index contributed by atoms with van der Waals surface area (Å²) in [5.74, 6) is 0.475. The minimum absolute atomic E-state index is 0.167. The second-order valence-electron chi connectivity index (χ2n) is 9.02. The van der Waals surface area contributed by atoms with Gasteiger partial charge >= 0.3 is 6.11 Å². The molecular formula is C29H35F3O. The lowest BCUT2D eigenvalue weighted by atomic mass is 9.78. The van der Waals surface area contributed by atoms with Crippen molar-refractivity contribution >= 4 is 0 Å². The number of rotatable bonds is 10. The molecule has 0 bridgehead atoms. The van der Waals surface area contributed by atoms with Gasteiger partial charge in [0.2, 0.25) is 0 Å². The van der Waals surface area contributed by atoms with Crippen LogP contribution < -0.4 is 0 Å². The third-order valence-electron chi connectivity index (χ3n) is 6.49. The van der Waals surface area contributed by atoms with Crippen molar-refractivity contribution in [2.24, 2.45) is 5.92 Å². The first-order valence-corrected chi connectivity index (χ1v) is 12.0. The largest absolute Gasteiger partial charge is 0.360 e. The molecule has 0 radical (unpaired) electrons. The van der Waals surface area contributed by atoms with Gasteiger partial charge in [-0.25, -0.2) is 4.39 Å². The van der Waals surface area contributed by atoms with Gasteiger partial charge in [-0.15, -0.1) is 0 Å². The third-order valence-corrected chi connectivity index (χ3v) is 6.49. The van der Waals surface area contributed by atoms with Crippen LogP contribution in [0.4, 0.5) is 13.2 Å². The Labute approximate surface area is 196 Å². The van der Waals surface area contributed by atoms with Crippen LogP contribution in [-0.4, -0.2) is 6.11 Å². The predicted molar refractivity (Wildman–Crippen MR) is 129 cm³/mol. The van der Waals surface area contributed by atoms with E-state index in [9.17, 15) is 13.2 Å². The van der Waals surface area contributed by atoms with Gasteiger partial charge in [-0.3, -0.25) is 0 Å². The molecule has 2 aromatic rings. The molecule has 0 amide bonds. The summed E-state index contributed by atoms with van der Waals surface area (Å²) in [4.78, 5) is 0. The molecule has 0 unspecified atom stereocenters. The molecule has 2 aromatic carbocycles. The number of allylic oxidation sites excluding steroid dienone is 4. The molecule has 1 nitrogen and oxygen atoms in total. The highest BCUT2D eigenvalue weighted by atomic mass is 19.3. The van der Waals surface area contributed by atoms with E-state index in [-0.39, 0.29) is 5.56 Å². The smallest absolute Gasteiger partial charge is 0.315 e. The maximum Gasteiger partial charge on any atom is 0.360 e. The topological polar surface area (TPSA) is 9.23 Å². The van der Waals surface area contributed by atoms with E-state index in [1.165, 1.54) is 6.07 Å². The second-order valence-corrected chi connectivity index (χ2v) is 9.02. The average molecular weight is 457 g/mol. The standard InChI is InChI=1S/C29H35F3O/c1-3-5-6-8-23-9-11-24(12-10-23)20-29(31,32)33-21-27-18-17-26(19-28(27)30)25-15-13-22(7-4-2)14-16-25/h3-5,7,9-12,17-19,22,25H,6,8,13-16,20-21H2,1-2H3/b5-3+,7-4+. The maximum absolute atomic E-state index is 14.6. The molecule has 0 aromatic heterocycles. The van der Waals surface area contributed by atoms with E-state index in [1.54, 1.807) is 18.2 Å². The van der Waals surface area contributed by atoms with E-state index in [4.69, 9.17) is 4.74 Å². The summed E-state index contributed by atoms with van der Waals surface area (Å²) in [6.45, 7) is 3.56. The Morgan fingerprint density at radius 1 is 0.939 bits per heavy atom. The van der Waals surface area contributed by atoms with E-state index in [2.05, 4.69) is 18.2 Å². The van der Waals surface area contributed by atoms with Crippen molar-refractivity contribution < 1.29 is 17.9 Å². The van der Waals surface area contributed by atoms with E-state index in [0.29, 0.717) is 17.4 Å². The number of halogens is 3. The number of aryl methyl sites for hydroxylation is 1. The van der Waals surface area contributed by atoms with Gasteiger partial charge in [0.15, 0.2) is 0 Å². The maximum atomic E-state index is 14.6. The third kappa shape index (κ3) is 7.89. The molecule has 0 N–H and O–H groups in total. The van der Waals surface area contributed by atoms with Crippen LogP contribution in [0.2, 0.25) is 0 Å². The van der Waals surface area contributed by atoms with Crippen molar-refractivity contribution in [3.63, 3.8) is 0 Å². The van der Waals surface area contributed by atoms with Gasteiger partial charge < -0.3 is 4.74 Å².